The molecule has 1 aliphatic rings. The molecule has 0 bridgehead atoms. The van der Waals surface area contributed by atoms with Gasteiger partial charge in [-0.1, -0.05) is 6.07 Å². The maximum atomic E-state index is 12.0. The predicted molar refractivity (Wildman–Crippen MR) is 108 cm³/mol. The van der Waals surface area contributed by atoms with Crippen LogP contribution in [0.2, 0.25) is 0 Å². The van der Waals surface area contributed by atoms with Gasteiger partial charge in [-0.2, -0.15) is 4.98 Å². The van der Waals surface area contributed by atoms with Crippen molar-refractivity contribution < 1.29 is 4.74 Å². The van der Waals surface area contributed by atoms with Crippen LogP contribution in [-0.2, 0) is 7.05 Å². The number of hydrogen-bond donors (Lipinski definition) is 0. The lowest BCUT2D eigenvalue weighted by Gasteiger charge is -2.12. The number of pyridine rings is 2. The lowest BCUT2D eigenvalue weighted by molar-refractivity contribution is 0.285. The van der Waals surface area contributed by atoms with Crippen molar-refractivity contribution in [1.82, 2.24) is 19.5 Å². The first-order valence-electron chi connectivity index (χ1n) is 9.49. The molecule has 0 aliphatic heterocycles. The topological polar surface area (TPSA) is 69.9 Å². The van der Waals surface area contributed by atoms with Gasteiger partial charge in [0.15, 0.2) is 0 Å². The zero-order chi connectivity index (χ0) is 19.8. The van der Waals surface area contributed by atoms with E-state index in [-0.39, 0.29) is 5.56 Å². The summed E-state index contributed by atoms with van der Waals surface area (Å²) >= 11 is 0. The summed E-state index contributed by atoms with van der Waals surface area (Å²) in [6.07, 6.45) is 6.56. The Hall–Kier alpha value is -3.02. The van der Waals surface area contributed by atoms with E-state index in [1.165, 1.54) is 5.56 Å². The quantitative estimate of drug-likeness (QED) is 0.683. The second-order valence-electron chi connectivity index (χ2n) is 7.64. The first kappa shape index (κ1) is 18.3. The summed E-state index contributed by atoms with van der Waals surface area (Å²) in [5.41, 5.74) is 4.65. The molecule has 3 aromatic rings. The Balaban J connectivity index is 1.53. The smallest absolute Gasteiger partial charge is 0.253 e. The molecule has 0 spiro atoms. The Morgan fingerprint density at radius 2 is 2.00 bits per heavy atom. The van der Waals surface area contributed by atoms with Crippen LogP contribution >= 0.6 is 0 Å². The molecule has 0 saturated heterocycles. The van der Waals surface area contributed by atoms with E-state index in [2.05, 4.69) is 27.1 Å². The van der Waals surface area contributed by atoms with Gasteiger partial charge in [-0.25, -0.2) is 4.98 Å². The first-order valence-corrected chi connectivity index (χ1v) is 9.49. The lowest BCUT2D eigenvalue weighted by atomic mass is 10.1. The molecule has 0 N–H and O–H groups in total. The number of hydrogen-bond acceptors (Lipinski definition) is 5. The van der Waals surface area contributed by atoms with Gasteiger partial charge in [0, 0.05) is 54.3 Å². The average molecular weight is 376 g/mol. The van der Waals surface area contributed by atoms with Crippen molar-refractivity contribution in [3.63, 3.8) is 0 Å². The van der Waals surface area contributed by atoms with Crippen LogP contribution < -0.4 is 10.3 Å². The second kappa shape index (κ2) is 7.19. The van der Waals surface area contributed by atoms with Crippen LogP contribution in [0.5, 0.6) is 5.88 Å². The Bertz CT molecular complexity index is 1050. The standard InChI is InChI=1S/C22H24N4O2/c1-13-5-6-20(24-9-13)18-8-17(18)12-28-21-19(10-23-15(3)25-21)16-7-14(2)22(27)26(4)11-16/h5-7,9-11,17-18H,8,12H2,1-4H3. The van der Waals surface area contributed by atoms with Crippen LogP contribution in [0, 0.1) is 26.7 Å². The molecule has 3 aromatic heterocycles. The highest BCUT2D eigenvalue weighted by molar-refractivity contribution is 5.67. The van der Waals surface area contributed by atoms with E-state index < -0.39 is 0 Å². The van der Waals surface area contributed by atoms with Gasteiger partial charge in [0.05, 0.1) is 12.2 Å². The third kappa shape index (κ3) is 3.67. The van der Waals surface area contributed by atoms with Crippen LogP contribution in [0.3, 0.4) is 0 Å². The summed E-state index contributed by atoms with van der Waals surface area (Å²) in [6, 6.07) is 6.07. The molecule has 0 amide bonds. The van der Waals surface area contributed by atoms with E-state index in [1.54, 1.807) is 24.0 Å². The normalized spacial score (nSPS) is 18.1. The summed E-state index contributed by atoms with van der Waals surface area (Å²) in [5.74, 6) is 2.12. The first-order chi connectivity index (χ1) is 13.4. The van der Waals surface area contributed by atoms with Gasteiger partial charge in [0.1, 0.15) is 5.82 Å². The van der Waals surface area contributed by atoms with Crippen LogP contribution in [0.25, 0.3) is 11.1 Å². The third-order valence-corrected chi connectivity index (χ3v) is 5.22. The summed E-state index contributed by atoms with van der Waals surface area (Å²) in [7, 11) is 1.75. The van der Waals surface area contributed by atoms with Crippen molar-refractivity contribution in [2.75, 3.05) is 6.61 Å². The molecule has 144 valence electrons. The Morgan fingerprint density at radius 1 is 1.18 bits per heavy atom. The van der Waals surface area contributed by atoms with Gasteiger partial charge in [0.2, 0.25) is 5.88 Å². The summed E-state index contributed by atoms with van der Waals surface area (Å²) in [5, 5.41) is 0. The fourth-order valence-electron chi connectivity index (χ4n) is 3.46. The molecule has 6 heteroatoms. The maximum Gasteiger partial charge on any atom is 0.253 e. The van der Waals surface area contributed by atoms with Crippen molar-refractivity contribution >= 4 is 0 Å². The highest BCUT2D eigenvalue weighted by atomic mass is 16.5. The molecule has 2 unspecified atom stereocenters. The molecule has 2 atom stereocenters. The SMILES string of the molecule is Cc1ccc(C2CC2COc2nc(C)ncc2-c2cc(C)c(=O)n(C)c2)nc1. The van der Waals surface area contributed by atoms with Crippen LogP contribution in [0.1, 0.15) is 35.0 Å². The minimum absolute atomic E-state index is 0.00864. The van der Waals surface area contributed by atoms with E-state index in [4.69, 9.17) is 4.74 Å². The number of nitrogens with zero attached hydrogens (tertiary/aromatic N) is 4. The highest BCUT2D eigenvalue weighted by Gasteiger charge is 2.40. The zero-order valence-electron chi connectivity index (χ0n) is 16.6. The summed E-state index contributed by atoms with van der Waals surface area (Å²) < 4.78 is 7.69. The van der Waals surface area contributed by atoms with Crippen LogP contribution in [-0.4, -0.2) is 26.1 Å². The minimum atomic E-state index is -0.00864. The fourth-order valence-corrected chi connectivity index (χ4v) is 3.46. The van der Waals surface area contributed by atoms with E-state index in [0.29, 0.717) is 35.7 Å². The number of aromatic nitrogens is 4. The molecule has 1 aliphatic carbocycles. The maximum absolute atomic E-state index is 12.0. The number of aryl methyl sites for hydroxylation is 4. The third-order valence-electron chi connectivity index (χ3n) is 5.22. The van der Waals surface area contributed by atoms with Crippen LogP contribution in [0.15, 0.2) is 41.6 Å². The average Bonchev–Trinajstić information content (AvgIpc) is 3.44. The largest absolute Gasteiger partial charge is 0.477 e. The van der Waals surface area contributed by atoms with Gasteiger partial charge in [-0.15, -0.1) is 0 Å². The monoisotopic (exact) mass is 376 g/mol. The molecule has 3 heterocycles. The molecule has 4 rings (SSSR count). The molecule has 1 fully saturated rings. The van der Waals surface area contributed by atoms with Crippen molar-refractivity contribution in [2.24, 2.45) is 13.0 Å². The Morgan fingerprint density at radius 3 is 2.71 bits per heavy atom. The molecule has 6 nitrogen and oxygen atoms in total. The van der Waals surface area contributed by atoms with E-state index in [1.807, 2.05) is 33.0 Å². The minimum Gasteiger partial charge on any atom is -0.477 e. The predicted octanol–water partition coefficient (Wildman–Crippen LogP) is 3.35. The Labute approximate surface area is 164 Å². The van der Waals surface area contributed by atoms with E-state index >= 15 is 0 Å². The molecule has 1 saturated carbocycles. The summed E-state index contributed by atoms with van der Waals surface area (Å²) in [4.78, 5) is 25.4. The molecule has 0 radical (unpaired) electrons. The van der Waals surface area contributed by atoms with Gasteiger partial charge in [0.25, 0.3) is 5.56 Å². The second-order valence-corrected chi connectivity index (χ2v) is 7.64. The number of rotatable bonds is 5. The van der Waals surface area contributed by atoms with Gasteiger partial charge >= 0.3 is 0 Å². The molecular weight excluding hydrogens is 352 g/mol. The molecule has 0 aromatic carbocycles. The lowest BCUT2D eigenvalue weighted by Crippen LogP contribution is -2.18. The molecule has 28 heavy (non-hydrogen) atoms. The van der Waals surface area contributed by atoms with Crippen molar-refractivity contribution in [1.29, 1.82) is 0 Å². The van der Waals surface area contributed by atoms with Crippen molar-refractivity contribution in [2.45, 2.75) is 33.1 Å². The highest BCUT2D eigenvalue weighted by Crippen LogP contribution is 2.47. The van der Waals surface area contributed by atoms with Gasteiger partial charge in [-0.3, -0.25) is 9.78 Å². The van der Waals surface area contributed by atoms with E-state index in [0.717, 1.165) is 23.2 Å². The van der Waals surface area contributed by atoms with E-state index in [9.17, 15) is 4.79 Å². The van der Waals surface area contributed by atoms with Crippen LogP contribution in [0.4, 0.5) is 0 Å². The van der Waals surface area contributed by atoms with Gasteiger partial charge in [-0.05, 0) is 44.9 Å². The Kier molecular flexibility index (Phi) is 4.71. The summed E-state index contributed by atoms with van der Waals surface area (Å²) in [6.45, 7) is 6.29. The number of ether oxygens (including phenoxy) is 1. The molecular formula is C22H24N4O2. The van der Waals surface area contributed by atoms with Gasteiger partial charge < -0.3 is 9.30 Å². The fraction of sp³-hybridized carbons (Fsp3) is 0.364. The van der Waals surface area contributed by atoms with Crippen molar-refractivity contribution in [3.05, 3.63) is 69.8 Å². The van der Waals surface area contributed by atoms with Crippen molar-refractivity contribution in [3.8, 4) is 17.0 Å². The zero-order valence-corrected chi connectivity index (χ0v) is 16.6.